The molecule has 1 saturated heterocycles. The van der Waals surface area contributed by atoms with Crippen LogP contribution >= 0.6 is 0 Å². The van der Waals surface area contributed by atoms with Crippen molar-refractivity contribution in [3.8, 4) is 11.5 Å². The molecule has 0 N–H and O–H groups in total. The Balaban J connectivity index is 1.50. The van der Waals surface area contributed by atoms with Crippen LogP contribution in [0.4, 0.5) is 13.2 Å². The van der Waals surface area contributed by atoms with Crippen LogP contribution in [0.2, 0.25) is 0 Å². The zero-order valence-corrected chi connectivity index (χ0v) is 25.0. The van der Waals surface area contributed by atoms with Crippen molar-refractivity contribution in [2.75, 3.05) is 66.7 Å². The largest absolute Gasteiger partial charge is 0.493 e. The minimum atomic E-state index is -4.52. The minimum absolute atomic E-state index is 0.0834. The number of rotatable bonds is 14. The van der Waals surface area contributed by atoms with Crippen molar-refractivity contribution in [2.45, 2.75) is 25.6 Å². The maximum absolute atomic E-state index is 13.8. The van der Waals surface area contributed by atoms with Crippen molar-refractivity contribution in [3.63, 3.8) is 0 Å². The topological polar surface area (TPSA) is 84.7 Å². The Morgan fingerprint density at radius 3 is 2.30 bits per heavy atom. The molecule has 1 aliphatic rings. The Hall–Kier alpha value is -4.03. The van der Waals surface area contributed by atoms with Gasteiger partial charge in [-0.15, -0.1) is 0 Å². The van der Waals surface area contributed by atoms with Gasteiger partial charge in [0.1, 0.15) is 12.3 Å². The van der Waals surface area contributed by atoms with Crippen molar-refractivity contribution in [3.05, 3.63) is 83.3 Å². The van der Waals surface area contributed by atoms with Crippen molar-refractivity contribution < 1.29 is 41.4 Å². The fourth-order valence-corrected chi connectivity index (χ4v) is 4.99. The van der Waals surface area contributed by atoms with Crippen LogP contribution in [0.5, 0.6) is 11.5 Å². The summed E-state index contributed by atoms with van der Waals surface area (Å²) in [5, 5.41) is 0. The summed E-state index contributed by atoms with van der Waals surface area (Å²) in [6.07, 6.45) is -1.91. The van der Waals surface area contributed by atoms with Gasteiger partial charge in [0.2, 0.25) is 5.91 Å². The molecule has 1 aliphatic heterocycles. The molecule has 0 aliphatic carbocycles. The lowest BCUT2D eigenvalue weighted by molar-refractivity contribution is -0.137. The van der Waals surface area contributed by atoms with Gasteiger partial charge in [-0.1, -0.05) is 6.07 Å². The number of halogens is 3. The molecule has 2 heterocycles. The third-order valence-corrected chi connectivity index (χ3v) is 7.48. The Morgan fingerprint density at radius 2 is 1.66 bits per heavy atom. The van der Waals surface area contributed by atoms with Gasteiger partial charge in [-0.2, -0.15) is 13.2 Å². The SMILES string of the molecule is COc1ccc(CCN(Cc2ccco2)C(=O)CN(CCCN2CCOCC2)C(=O)c2ccc(C(F)(F)F)cc2)cc1OC. The van der Waals surface area contributed by atoms with Crippen LogP contribution in [0.3, 0.4) is 0 Å². The van der Waals surface area contributed by atoms with Gasteiger partial charge in [-0.25, -0.2) is 0 Å². The smallest absolute Gasteiger partial charge is 0.416 e. The highest BCUT2D eigenvalue weighted by atomic mass is 19.4. The molecule has 2 aromatic carbocycles. The number of ether oxygens (including phenoxy) is 3. The molecule has 4 rings (SSSR count). The van der Waals surface area contributed by atoms with E-state index in [1.54, 1.807) is 37.3 Å². The summed E-state index contributed by atoms with van der Waals surface area (Å²) < 4.78 is 61.0. The fraction of sp³-hybridized carbons (Fsp3) is 0.438. The molecule has 12 heteroatoms. The van der Waals surface area contributed by atoms with E-state index >= 15 is 0 Å². The molecule has 3 aromatic rings. The van der Waals surface area contributed by atoms with Crippen LogP contribution in [0.25, 0.3) is 0 Å². The van der Waals surface area contributed by atoms with E-state index in [2.05, 4.69) is 4.90 Å². The van der Waals surface area contributed by atoms with E-state index in [9.17, 15) is 22.8 Å². The number of nitrogens with zero attached hydrogens (tertiary/aromatic N) is 3. The quantitative estimate of drug-likeness (QED) is 0.258. The second-order valence-electron chi connectivity index (χ2n) is 10.4. The third kappa shape index (κ3) is 9.23. The second-order valence-corrected chi connectivity index (χ2v) is 10.4. The monoisotopic (exact) mass is 617 g/mol. The van der Waals surface area contributed by atoms with E-state index in [0.29, 0.717) is 56.4 Å². The van der Waals surface area contributed by atoms with Gasteiger partial charge in [0.15, 0.2) is 11.5 Å². The minimum Gasteiger partial charge on any atom is -0.493 e. The van der Waals surface area contributed by atoms with Gasteiger partial charge in [-0.3, -0.25) is 14.5 Å². The summed E-state index contributed by atoms with van der Waals surface area (Å²) in [5.41, 5.74) is 0.159. The van der Waals surface area contributed by atoms with Gasteiger partial charge < -0.3 is 28.4 Å². The van der Waals surface area contributed by atoms with E-state index in [1.807, 2.05) is 12.1 Å². The van der Waals surface area contributed by atoms with E-state index < -0.39 is 17.6 Å². The summed E-state index contributed by atoms with van der Waals surface area (Å²) in [4.78, 5) is 32.6. The number of hydrogen-bond acceptors (Lipinski definition) is 7. The van der Waals surface area contributed by atoms with Crippen LogP contribution in [0.1, 0.15) is 33.7 Å². The summed E-state index contributed by atoms with van der Waals surface area (Å²) in [7, 11) is 3.11. The first-order chi connectivity index (χ1) is 21.2. The maximum Gasteiger partial charge on any atom is 0.416 e. The molecule has 2 amide bonds. The van der Waals surface area contributed by atoms with Gasteiger partial charge >= 0.3 is 6.18 Å². The highest BCUT2D eigenvalue weighted by Crippen LogP contribution is 2.30. The van der Waals surface area contributed by atoms with Crippen molar-refractivity contribution in [1.82, 2.24) is 14.7 Å². The van der Waals surface area contributed by atoms with Gasteiger partial charge in [-0.05, 0) is 66.9 Å². The number of alkyl halides is 3. The third-order valence-electron chi connectivity index (χ3n) is 7.48. The summed E-state index contributed by atoms with van der Waals surface area (Å²) in [6, 6.07) is 13.1. The maximum atomic E-state index is 13.8. The predicted octanol–water partition coefficient (Wildman–Crippen LogP) is 4.75. The molecule has 0 atom stereocenters. The molecule has 0 unspecified atom stereocenters. The number of hydrogen-bond donors (Lipinski definition) is 0. The van der Waals surface area contributed by atoms with Gasteiger partial charge in [0.05, 0.1) is 45.8 Å². The highest BCUT2D eigenvalue weighted by Gasteiger charge is 2.31. The Morgan fingerprint density at radius 1 is 0.932 bits per heavy atom. The van der Waals surface area contributed by atoms with Crippen LogP contribution in [-0.4, -0.2) is 93.2 Å². The van der Waals surface area contributed by atoms with E-state index in [0.717, 1.165) is 42.9 Å². The van der Waals surface area contributed by atoms with Crippen LogP contribution in [-0.2, 0) is 28.7 Å². The number of morpholine rings is 1. The van der Waals surface area contributed by atoms with Crippen molar-refractivity contribution in [2.24, 2.45) is 0 Å². The van der Waals surface area contributed by atoms with Crippen molar-refractivity contribution >= 4 is 11.8 Å². The van der Waals surface area contributed by atoms with Crippen LogP contribution in [0.15, 0.2) is 65.3 Å². The lowest BCUT2D eigenvalue weighted by atomic mass is 10.1. The van der Waals surface area contributed by atoms with E-state index in [4.69, 9.17) is 18.6 Å². The first kappa shape index (κ1) is 32.9. The average Bonchev–Trinajstić information content (AvgIpc) is 3.55. The molecule has 0 saturated carbocycles. The lowest BCUT2D eigenvalue weighted by Gasteiger charge is -2.30. The molecule has 9 nitrogen and oxygen atoms in total. The first-order valence-corrected chi connectivity index (χ1v) is 14.5. The molecule has 238 valence electrons. The molecule has 1 fully saturated rings. The number of benzene rings is 2. The highest BCUT2D eigenvalue weighted by molar-refractivity contribution is 5.96. The van der Waals surface area contributed by atoms with Crippen molar-refractivity contribution in [1.29, 1.82) is 0 Å². The Bertz CT molecular complexity index is 1340. The van der Waals surface area contributed by atoms with Gasteiger partial charge in [0, 0.05) is 38.3 Å². The standard InChI is InChI=1S/C32H38F3N3O6/c1-41-28-11-6-24(21-29(28)42-2)12-15-37(22-27-5-3-18-44-27)30(39)23-38(14-4-13-36-16-19-43-20-17-36)31(40)25-7-9-26(10-8-25)32(33,34)35/h3,5-11,18,21H,4,12-17,19-20,22-23H2,1-2H3. The molecular formula is C32H38F3N3O6. The molecular weight excluding hydrogens is 579 g/mol. The Kier molecular flexibility index (Phi) is 11.7. The first-order valence-electron chi connectivity index (χ1n) is 14.5. The molecule has 0 radical (unpaired) electrons. The summed E-state index contributed by atoms with van der Waals surface area (Å²) in [5.74, 6) is 0.927. The predicted molar refractivity (Wildman–Crippen MR) is 157 cm³/mol. The molecule has 0 spiro atoms. The number of carbonyl (C=O) groups excluding carboxylic acids is 2. The van der Waals surface area contributed by atoms with Crippen LogP contribution in [0, 0.1) is 0 Å². The average molecular weight is 618 g/mol. The number of methoxy groups -OCH3 is 2. The van der Waals surface area contributed by atoms with E-state index in [-0.39, 0.29) is 31.1 Å². The molecule has 1 aromatic heterocycles. The number of amides is 2. The molecule has 44 heavy (non-hydrogen) atoms. The Labute approximate surface area is 255 Å². The van der Waals surface area contributed by atoms with Crippen LogP contribution < -0.4 is 9.47 Å². The summed E-state index contributed by atoms with van der Waals surface area (Å²) in [6.45, 7) is 4.05. The normalized spacial score (nSPS) is 13.8. The lowest BCUT2D eigenvalue weighted by Crippen LogP contribution is -2.44. The van der Waals surface area contributed by atoms with Gasteiger partial charge in [0.25, 0.3) is 5.91 Å². The fourth-order valence-electron chi connectivity index (χ4n) is 4.99. The molecule has 0 bridgehead atoms. The number of carbonyl (C=O) groups is 2. The zero-order valence-electron chi connectivity index (χ0n) is 25.0. The summed E-state index contributed by atoms with van der Waals surface area (Å²) >= 11 is 0. The van der Waals surface area contributed by atoms with E-state index in [1.165, 1.54) is 11.2 Å². The zero-order chi connectivity index (χ0) is 31.5. The second kappa shape index (κ2) is 15.6. The number of furan rings is 1.